The highest BCUT2D eigenvalue weighted by molar-refractivity contribution is 5.27. The third-order valence-electron chi connectivity index (χ3n) is 4.26. The minimum Gasteiger partial charge on any atom is -0.377 e. The molecule has 3 heteroatoms. The lowest BCUT2D eigenvalue weighted by Crippen LogP contribution is -2.29. The summed E-state index contributed by atoms with van der Waals surface area (Å²) < 4.78 is 5.72. The number of hydrogen-bond acceptors (Lipinski definition) is 3. The molecule has 1 saturated carbocycles. The van der Waals surface area contributed by atoms with Crippen molar-refractivity contribution in [3.05, 3.63) is 35.4 Å². The van der Waals surface area contributed by atoms with Crippen LogP contribution < -0.4 is 5.32 Å². The highest BCUT2D eigenvalue weighted by Crippen LogP contribution is 2.20. The van der Waals surface area contributed by atoms with E-state index in [-0.39, 0.29) is 0 Å². The number of ether oxygens (including phenoxy) is 1. The van der Waals surface area contributed by atoms with E-state index < -0.39 is 0 Å². The smallest absolute Gasteiger partial charge is 0.0702 e. The highest BCUT2D eigenvalue weighted by Gasteiger charge is 2.21. The van der Waals surface area contributed by atoms with Crippen molar-refractivity contribution in [2.45, 2.75) is 50.9 Å². The standard InChI is InChI=1S/C17H26N2O/c1-19(13-17-7-4-10-20-17)12-15-6-3-2-5-14(15)11-18-16-8-9-16/h2-3,5-6,16-18H,4,7-13H2,1H3. The number of rotatable bonds is 7. The van der Waals surface area contributed by atoms with Gasteiger partial charge in [0.2, 0.25) is 0 Å². The van der Waals surface area contributed by atoms with Crippen LogP contribution >= 0.6 is 0 Å². The van der Waals surface area contributed by atoms with Crippen LogP contribution in [0.25, 0.3) is 0 Å². The van der Waals surface area contributed by atoms with E-state index in [0.717, 1.165) is 32.3 Å². The molecule has 2 aliphatic rings. The molecule has 1 aromatic carbocycles. The van der Waals surface area contributed by atoms with E-state index in [4.69, 9.17) is 4.74 Å². The molecule has 3 rings (SSSR count). The van der Waals surface area contributed by atoms with E-state index in [1.165, 1.54) is 36.8 Å². The van der Waals surface area contributed by atoms with Gasteiger partial charge in [0.05, 0.1) is 6.10 Å². The second-order valence-corrected chi connectivity index (χ2v) is 6.26. The molecule has 1 atom stereocenters. The average molecular weight is 274 g/mol. The van der Waals surface area contributed by atoms with E-state index in [9.17, 15) is 0 Å². The van der Waals surface area contributed by atoms with Crippen LogP contribution in [0.5, 0.6) is 0 Å². The first kappa shape index (κ1) is 14.1. The van der Waals surface area contributed by atoms with Crippen molar-refractivity contribution in [2.75, 3.05) is 20.2 Å². The summed E-state index contributed by atoms with van der Waals surface area (Å²) in [4.78, 5) is 2.39. The van der Waals surface area contributed by atoms with Crippen molar-refractivity contribution in [2.24, 2.45) is 0 Å². The van der Waals surface area contributed by atoms with Crippen molar-refractivity contribution in [1.82, 2.24) is 10.2 Å². The Hall–Kier alpha value is -0.900. The third-order valence-corrected chi connectivity index (χ3v) is 4.26. The topological polar surface area (TPSA) is 24.5 Å². The van der Waals surface area contributed by atoms with Crippen LogP contribution in [0, 0.1) is 0 Å². The van der Waals surface area contributed by atoms with Gasteiger partial charge in [-0.15, -0.1) is 0 Å². The molecule has 0 bridgehead atoms. The Morgan fingerprint density at radius 2 is 2.00 bits per heavy atom. The van der Waals surface area contributed by atoms with E-state index in [2.05, 4.69) is 41.5 Å². The van der Waals surface area contributed by atoms with Crippen LogP contribution in [0.15, 0.2) is 24.3 Å². The summed E-state index contributed by atoms with van der Waals surface area (Å²) in [5.74, 6) is 0. The lowest BCUT2D eigenvalue weighted by molar-refractivity contribution is 0.0792. The number of nitrogens with zero attached hydrogens (tertiary/aromatic N) is 1. The number of likely N-dealkylation sites (N-methyl/N-ethyl adjacent to an activating group) is 1. The van der Waals surface area contributed by atoms with Gasteiger partial charge in [-0.2, -0.15) is 0 Å². The fourth-order valence-electron chi connectivity index (χ4n) is 2.92. The summed E-state index contributed by atoms with van der Waals surface area (Å²) in [6.07, 6.45) is 5.58. The Balaban J connectivity index is 1.54. The third kappa shape index (κ3) is 4.05. The molecule has 20 heavy (non-hydrogen) atoms. The fraction of sp³-hybridized carbons (Fsp3) is 0.647. The molecule has 1 aliphatic carbocycles. The first-order chi connectivity index (χ1) is 9.81. The van der Waals surface area contributed by atoms with Crippen molar-refractivity contribution in [3.8, 4) is 0 Å². The van der Waals surface area contributed by atoms with Crippen LogP contribution in [0.2, 0.25) is 0 Å². The predicted octanol–water partition coefficient (Wildman–Crippen LogP) is 2.55. The normalized spacial score (nSPS) is 22.6. The SMILES string of the molecule is CN(Cc1ccccc1CNC1CC1)CC1CCCO1. The monoisotopic (exact) mass is 274 g/mol. The maximum atomic E-state index is 5.72. The quantitative estimate of drug-likeness (QED) is 0.827. The lowest BCUT2D eigenvalue weighted by atomic mass is 10.1. The molecule has 2 fully saturated rings. The minimum atomic E-state index is 0.441. The van der Waals surface area contributed by atoms with Gasteiger partial charge in [-0.3, -0.25) is 4.90 Å². The summed E-state index contributed by atoms with van der Waals surface area (Å²) in [5, 5.41) is 3.62. The summed E-state index contributed by atoms with van der Waals surface area (Å²) in [5.41, 5.74) is 2.89. The van der Waals surface area contributed by atoms with Crippen LogP contribution in [0.3, 0.4) is 0 Å². The predicted molar refractivity (Wildman–Crippen MR) is 81.6 cm³/mol. The van der Waals surface area contributed by atoms with Gasteiger partial charge in [-0.05, 0) is 43.9 Å². The van der Waals surface area contributed by atoms with Gasteiger partial charge < -0.3 is 10.1 Å². The molecule has 0 amide bonds. The van der Waals surface area contributed by atoms with Crippen molar-refractivity contribution >= 4 is 0 Å². The summed E-state index contributed by atoms with van der Waals surface area (Å²) in [6.45, 7) is 4.02. The van der Waals surface area contributed by atoms with Gasteiger partial charge in [-0.25, -0.2) is 0 Å². The molecule has 3 nitrogen and oxygen atoms in total. The molecule has 1 N–H and O–H groups in total. The van der Waals surface area contributed by atoms with Crippen molar-refractivity contribution in [3.63, 3.8) is 0 Å². The number of benzene rings is 1. The van der Waals surface area contributed by atoms with Crippen LogP contribution in [0.4, 0.5) is 0 Å². The zero-order valence-electron chi connectivity index (χ0n) is 12.5. The highest BCUT2D eigenvalue weighted by atomic mass is 16.5. The maximum Gasteiger partial charge on any atom is 0.0702 e. The molecule has 0 spiro atoms. The molecule has 110 valence electrons. The fourth-order valence-corrected chi connectivity index (χ4v) is 2.92. The Morgan fingerprint density at radius 3 is 2.70 bits per heavy atom. The van der Waals surface area contributed by atoms with Crippen molar-refractivity contribution < 1.29 is 4.74 Å². The average Bonchev–Trinajstić information content (AvgIpc) is 3.14. The van der Waals surface area contributed by atoms with Crippen molar-refractivity contribution in [1.29, 1.82) is 0 Å². The molecule has 1 heterocycles. The molecular formula is C17H26N2O. The summed E-state index contributed by atoms with van der Waals surface area (Å²) in [7, 11) is 2.20. The summed E-state index contributed by atoms with van der Waals surface area (Å²) in [6, 6.07) is 9.58. The molecule has 0 aromatic heterocycles. The van der Waals surface area contributed by atoms with Crippen LogP contribution in [0.1, 0.15) is 36.8 Å². The lowest BCUT2D eigenvalue weighted by Gasteiger charge is -2.22. The molecular weight excluding hydrogens is 248 g/mol. The zero-order valence-corrected chi connectivity index (χ0v) is 12.5. The first-order valence-corrected chi connectivity index (χ1v) is 7.91. The molecule has 1 unspecified atom stereocenters. The van der Waals surface area contributed by atoms with E-state index in [1.54, 1.807) is 0 Å². The Morgan fingerprint density at radius 1 is 1.20 bits per heavy atom. The molecule has 1 aromatic rings. The van der Waals surface area contributed by atoms with E-state index in [1.807, 2.05) is 0 Å². The van der Waals surface area contributed by atoms with Gasteiger partial charge in [0, 0.05) is 32.3 Å². The number of hydrogen-bond donors (Lipinski definition) is 1. The van der Waals surface area contributed by atoms with Gasteiger partial charge in [-0.1, -0.05) is 24.3 Å². The number of nitrogens with one attached hydrogen (secondary N) is 1. The Kier molecular flexibility index (Phi) is 4.71. The van der Waals surface area contributed by atoms with E-state index >= 15 is 0 Å². The Labute approximate surface area is 122 Å². The van der Waals surface area contributed by atoms with Gasteiger partial charge >= 0.3 is 0 Å². The first-order valence-electron chi connectivity index (χ1n) is 7.91. The molecule has 1 saturated heterocycles. The summed E-state index contributed by atoms with van der Waals surface area (Å²) >= 11 is 0. The van der Waals surface area contributed by atoms with Crippen LogP contribution in [-0.4, -0.2) is 37.2 Å². The second-order valence-electron chi connectivity index (χ2n) is 6.26. The largest absolute Gasteiger partial charge is 0.377 e. The van der Waals surface area contributed by atoms with Gasteiger partial charge in [0.1, 0.15) is 0 Å². The maximum absolute atomic E-state index is 5.72. The Bertz CT molecular complexity index is 425. The zero-order chi connectivity index (χ0) is 13.8. The van der Waals surface area contributed by atoms with Gasteiger partial charge in [0.25, 0.3) is 0 Å². The minimum absolute atomic E-state index is 0.441. The van der Waals surface area contributed by atoms with E-state index in [0.29, 0.717) is 6.10 Å². The molecule has 0 radical (unpaired) electrons. The van der Waals surface area contributed by atoms with Gasteiger partial charge in [0.15, 0.2) is 0 Å². The van der Waals surface area contributed by atoms with Crippen LogP contribution in [-0.2, 0) is 17.8 Å². The second kappa shape index (κ2) is 6.70. The molecule has 1 aliphatic heterocycles.